The molecule has 0 fully saturated rings. The third-order valence-electron chi connectivity index (χ3n) is 6.83. The van der Waals surface area contributed by atoms with E-state index in [0.29, 0.717) is 22.3 Å². The maximum absolute atomic E-state index is 14.0. The molecule has 39 heavy (non-hydrogen) atoms. The number of aryl methyl sites for hydroxylation is 1. The molecule has 0 saturated heterocycles. The van der Waals surface area contributed by atoms with Gasteiger partial charge in [-0.05, 0) is 53.6 Å². The molecule has 0 aliphatic carbocycles. The summed E-state index contributed by atoms with van der Waals surface area (Å²) in [7, 11) is 0. The average molecular weight is 519 g/mol. The first-order valence-electron chi connectivity index (χ1n) is 12.7. The molecular weight excluding hydrogens is 488 g/mol. The highest BCUT2D eigenvalue weighted by molar-refractivity contribution is 6.16. The van der Waals surface area contributed by atoms with Crippen LogP contribution in [0.1, 0.15) is 47.7 Å². The van der Waals surface area contributed by atoms with Crippen LogP contribution in [-0.2, 0) is 6.54 Å². The van der Waals surface area contributed by atoms with Crippen molar-refractivity contribution in [2.75, 3.05) is 11.1 Å². The van der Waals surface area contributed by atoms with Crippen molar-refractivity contribution in [1.82, 2.24) is 14.5 Å². The van der Waals surface area contributed by atoms with Crippen LogP contribution in [0.4, 0.5) is 11.6 Å². The van der Waals surface area contributed by atoms with Crippen molar-refractivity contribution in [3.63, 3.8) is 0 Å². The van der Waals surface area contributed by atoms with Crippen molar-refractivity contribution in [1.29, 1.82) is 5.41 Å². The van der Waals surface area contributed by atoms with Crippen molar-refractivity contribution in [3.05, 3.63) is 117 Å². The van der Waals surface area contributed by atoms with Crippen LogP contribution in [0, 0.1) is 12.3 Å². The zero-order valence-electron chi connectivity index (χ0n) is 22.1. The topological polar surface area (TPSA) is 130 Å². The van der Waals surface area contributed by atoms with E-state index >= 15 is 0 Å². The van der Waals surface area contributed by atoms with E-state index in [2.05, 4.69) is 29.1 Å². The molecule has 8 nitrogen and oxygen atoms in total. The molecule has 0 spiro atoms. The predicted octanol–water partition coefficient (Wildman–Crippen LogP) is 5.53. The van der Waals surface area contributed by atoms with Crippen molar-refractivity contribution in [2.45, 2.75) is 33.2 Å². The molecule has 0 aliphatic heterocycles. The third-order valence-corrected chi connectivity index (χ3v) is 6.83. The number of hydrogen-bond donors (Lipinski definition) is 4. The molecule has 5 rings (SSSR count). The molecule has 0 radical (unpaired) electrons. The van der Waals surface area contributed by atoms with Gasteiger partial charge < -0.3 is 16.2 Å². The van der Waals surface area contributed by atoms with E-state index in [1.54, 1.807) is 16.7 Å². The lowest BCUT2D eigenvalue weighted by Gasteiger charge is -2.21. The van der Waals surface area contributed by atoms with Gasteiger partial charge in [0.05, 0.1) is 28.9 Å². The number of aromatic nitrogens is 3. The third kappa shape index (κ3) is 4.84. The number of nitrogens with zero attached hydrogens (tertiary/aromatic N) is 3. The Kier molecular flexibility index (Phi) is 6.85. The van der Waals surface area contributed by atoms with Gasteiger partial charge in [0, 0.05) is 11.3 Å². The Morgan fingerprint density at radius 1 is 1.05 bits per heavy atom. The number of nitrogens with two attached hydrogens (primary N) is 1. The summed E-state index contributed by atoms with van der Waals surface area (Å²) in [6, 6.07) is 22.2. The van der Waals surface area contributed by atoms with Crippen LogP contribution in [0.2, 0.25) is 0 Å². The molecule has 0 aliphatic rings. The van der Waals surface area contributed by atoms with Gasteiger partial charge in [-0.2, -0.15) is 0 Å². The quantitative estimate of drug-likeness (QED) is 0.210. The molecule has 0 saturated carbocycles. The summed E-state index contributed by atoms with van der Waals surface area (Å²) >= 11 is 0. The summed E-state index contributed by atoms with van der Waals surface area (Å²) in [4.78, 5) is 22.5. The average Bonchev–Trinajstić information content (AvgIpc) is 2.91. The number of benzene rings is 3. The van der Waals surface area contributed by atoms with Gasteiger partial charge in [0.15, 0.2) is 0 Å². The molecular formula is C31H30N6O2. The standard InChI is InChI=1S/C31H30N6O2/c1-18(2)24-12-4-5-13-25(24)37-22(14-20-9-6-8-19(3)26(20)31(37)39)16-34-30-27(29(33)35-17-36-30)28(32)21-10-7-11-23(38)15-21/h4-15,17-18,32,38H,16H2,1-3H3,(H3,33,34,35,36). The molecule has 0 unspecified atom stereocenters. The minimum atomic E-state index is -0.0922. The van der Waals surface area contributed by atoms with Crippen molar-refractivity contribution in [3.8, 4) is 11.4 Å². The second-order valence-electron chi connectivity index (χ2n) is 9.79. The number of phenols is 1. The van der Waals surface area contributed by atoms with Gasteiger partial charge in [-0.3, -0.25) is 14.8 Å². The van der Waals surface area contributed by atoms with Gasteiger partial charge in [0.25, 0.3) is 5.56 Å². The Morgan fingerprint density at radius 3 is 2.59 bits per heavy atom. The van der Waals surface area contributed by atoms with E-state index in [0.717, 1.165) is 27.9 Å². The number of aromatic hydroxyl groups is 1. The molecule has 0 amide bonds. The SMILES string of the molecule is Cc1cccc2cc(CNc3ncnc(N)c3C(=N)c3cccc(O)c3)n(-c3ccccc3C(C)C)c(=O)c12. The minimum absolute atomic E-state index is 0.0430. The normalized spacial score (nSPS) is 11.2. The lowest BCUT2D eigenvalue weighted by Crippen LogP contribution is -2.25. The highest BCUT2D eigenvalue weighted by atomic mass is 16.3. The zero-order valence-corrected chi connectivity index (χ0v) is 22.1. The molecule has 2 aromatic heterocycles. The lowest BCUT2D eigenvalue weighted by atomic mass is 9.99. The Labute approximate surface area is 226 Å². The first-order valence-corrected chi connectivity index (χ1v) is 12.7. The fourth-order valence-corrected chi connectivity index (χ4v) is 4.92. The first-order chi connectivity index (χ1) is 18.8. The number of fused-ring (bicyclic) bond motifs is 1. The zero-order chi connectivity index (χ0) is 27.7. The number of pyridine rings is 1. The van der Waals surface area contributed by atoms with Gasteiger partial charge in [-0.15, -0.1) is 0 Å². The maximum atomic E-state index is 14.0. The summed E-state index contributed by atoms with van der Waals surface area (Å²) in [6.45, 7) is 6.40. The molecule has 5 aromatic rings. The number of phenolic OH excluding ortho intramolecular Hbond substituents is 1. The van der Waals surface area contributed by atoms with Crippen molar-refractivity contribution >= 4 is 28.1 Å². The summed E-state index contributed by atoms with van der Waals surface area (Å²) < 4.78 is 1.77. The van der Waals surface area contributed by atoms with Crippen LogP contribution < -0.4 is 16.6 Å². The Hall–Kier alpha value is -4.98. The summed E-state index contributed by atoms with van der Waals surface area (Å²) in [6.07, 6.45) is 1.34. The second-order valence-corrected chi connectivity index (χ2v) is 9.79. The van der Waals surface area contributed by atoms with Crippen LogP contribution in [-0.4, -0.2) is 25.4 Å². The molecule has 0 bridgehead atoms. The predicted molar refractivity (Wildman–Crippen MR) is 156 cm³/mol. The lowest BCUT2D eigenvalue weighted by molar-refractivity contribution is 0.475. The molecule has 196 valence electrons. The fourth-order valence-electron chi connectivity index (χ4n) is 4.92. The van der Waals surface area contributed by atoms with Crippen molar-refractivity contribution in [2.24, 2.45) is 0 Å². The van der Waals surface area contributed by atoms with Gasteiger partial charge in [-0.1, -0.05) is 62.4 Å². The number of para-hydroxylation sites is 1. The fraction of sp³-hybridized carbons (Fsp3) is 0.161. The van der Waals surface area contributed by atoms with Crippen LogP contribution in [0.15, 0.2) is 83.9 Å². The highest BCUT2D eigenvalue weighted by Gasteiger charge is 2.19. The molecule has 3 aromatic carbocycles. The van der Waals surface area contributed by atoms with E-state index in [4.69, 9.17) is 11.1 Å². The van der Waals surface area contributed by atoms with Crippen LogP contribution in [0.5, 0.6) is 5.75 Å². The molecule has 8 heteroatoms. The van der Waals surface area contributed by atoms with Gasteiger partial charge >= 0.3 is 0 Å². The summed E-state index contributed by atoms with van der Waals surface area (Å²) in [5.74, 6) is 0.743. The van der Waals surface area contributed by atoms with E-state index in [1.807, 2.05) is 55.5 Å². The molecule has 5 N–H and O–H groups in total. The van der Waals surface area contributed by atoms with Crippen LogP contribution >= 0.6 is 0 Å². The molecule has 2 heterocycles. The number of anilines is 2. The first kappa shape index (κ1) is 25.7. The Bertz CT molecular complexity index is 1770. The Balaban J connectivity index is 1.64. The van der Waals surface area contributed by atoms with E-state index in [1.165, 1.54) is 18.5 Å². The highest BCUT2D eigenvalue weighted by Crippen LogP contribution is 2.27. The van der Waals surface area contributed by atoms with Gasteiger partial charge in [0.1, 0.15) is 23.7 Å². The van der Waals surface area contributed by atoms with Crippen LogP contribution in [0.3, 0.4) is 0 Å². The number of nitrogen functional groups attached to an aromatic ring is 1. The number of rotatable bonds is 7. The van der Waals surface area contributed by atoms with Gasteiger partial charge in [-0.25, -0.2) is 9.97 Å². The van der Waals surface area contributed by atoms with E-state index < -0.39 is 0 Å². The van der Waals surface area contributed by atoms with Gasteiger partial charge in [0.2, 0.25) is 0 Å². The Morgan fingerprint density at radius 2 is 1.82 bits per heavy atom. The summed E-state index contributed by atoms with van der Waals surface area (Å²) in [5.41, 5.74) is 10.5. The van der Waals surface area contributed by atoms with Crippen molar-refractivity contribution < 1.29 is 5.11 Å². The largest absolute Gasteiger partial charge is 0.508 e. The minimum Gasteiger partial charge on any atom is -0.508 e. The van der Waals surface area contributed by atoms with E-state index in [-0.39, 0.29) is 35.3 Å². The van der Waals surface area contributed by atoms with E-state index in [9.17, 15) is 9.90 Å². The number of nitrogens with one attached hydrogen (secondary N) is 2. The number of hydrogen-bond acceptors (Lipinski definition) is 7. The van der Waals surface area contributed by atoms with Crippen LogP contribution in [0.25, 0.3) is 16.5 Å². The molecule has 0 atom stereocenters. The smallest absolute Gasteiger partial charge is 0.263 e. The maximum Gasteiger partial charge on any atom is 0.263 e. The second kappa shape index (κ2) is 10.4. The summed E-state index contributed by atoms with van der Waals surface area (Å²) in [5, 5.41) is 23.5. The monoisotopic (exact) mass is 518 g/mol.